The summed E-state index contributed by atoms with van der Waals surface area (Å²) in [6.45, 7) is 7.97. The fourth-order valence-corrected chi connectivity index (χ4v) is 2.62. The highest BCUT2D eigenvalue weighted by Gasteiger charge is 2.11. The Morgan fingerprint density at radius 2 is 1.84 bits per heavy atom. The number of carbonyl (C=O) groups excluding carboxylic acids is 1. The molecular weight excluding hydrogens is 314 g/mol. The predicted molar refractivity (Wildman–Crippen MR) is 96.9 cm³/mol. The Bertz CT molecular complexity index is 912. The van der Waals surface area contributed by atoms with Gasteiger partial charge in [-0.25, -0.2) is 14.6 Å². The highest BCUT2D eigenvalue weighted by Crippen LogP contribution is 2.15. The molecule has 1 N–H and O–H groups in total. The third kappa shape index (κ3) is 3.74. The van der Waals surface area contributed by atoms with Crippen molar-refractivity contribution < 1.29 is 4.79 Å². The lowest BCUT2D eigenvalue weighted by Crippen LogP contribution is -2.15. The first-order valence-electron chi connectivity index (χ1n) is 8.14. The minimum atomic E-state index is -0.0936. The average molecular weight is 335 g/mol. The number of rotatable bonds is 4. The van der Waals surface area contributed by atoms with Crippen LogP contribution in [-0.4, -0.2) is 25.7 Å². The van der Waals surface area contributed by atoms with Gasteiger partial charge in [0.05, 0.1) is 30.2 Å². The first-order valence-corrected chi connectivity index (χ1v) is 8.14. The van der Waals surface area contributed by atoms with Gasteiger partial charge in [0, 0.05) is 5.69 Å². The van der Waals surface area contributed by atoms with Crippen molar-refractivity contribution in [2.24, 2.45) is 0 Å². The minimum Gasteiger partial charge on any atom is -0.323 e. The standard InChI is InChI=1S/C19H21N5O/c1-12-6-5-7-16(8-12)9-18(25)22-17-10-20-19(21-11-17)24-15(4)13(2)14(3)23-24/h5-8,10-11H,9H2,1-4H3,(H,22,25). The third-order valence-electron chi connectivity index (χ3n) is 4.21. The number of aromatic nitrogens is 4. The molecule has 25 heavy (non-hydrogen) atoms. The van der Waals surface area contributed by atoms with Crippen molar-refractivity contribution in [3.63, 3.8) is 0 Å². The SMILES string of the molecule is Cc1cccc(CC(=O)Nc2cnc(-n3nc(C)c(C)c3C)nc2)c1. The summed E-state index contributed by atoms with van der Waals surface area (Å²) in [6.07, 6.45) is 3.52. The highest BCUT2D eigenvalue weighted by atomic mass is 16.1. The van der Waals surface area contributed by atoms with E-state index in [9.17, 15) is 4.79 Å². The number of nitrogens with one attached hydrogen (secondary N) is 1. The summed E-state index contributed by atoms with van der Waals surface area (Å²) in [6, 6.07) is 7.91. The first-order chi connectivity index (χ1) is 11.9. The van der Waals surface area contributed by atoms with E-state index in [1.54, 1.807) is 17.1 Å². The van der Waals surface area contributed by atoms with Crippen molar-refractivity contribution in [3.8, 4) is 5.95 Å². The van der Waals surface area contributed by atoms with Gasteiger partial charge in [0.25, 0.3) is 5.95 Å². The summed E-state index contributed by atoms with van der Waals surface area (Å²) >= 11 is 0. The molecule has 0 saturated heterocycles. The Morgan fingerprint density at radius 1 is 1.12 bits per heavy atom. The van der Waals surface area contributed by atoms with E-state index >= 15 is 0 Å². The summed E-state index contributed by atoms with van der Waals surface area (Å²) in [5, 5.41) is 7.27. The van der Waals surface area contributed by atoms with E-state index in [-0.39, 0.29) is 5.91 Å². The molecule has 0 aliphatic heterocycles. The van der Waals surface area contributed by atoms with Gasteiger partial charge in [-0.15, -0.1) is 0 Å². The second-order valence-electron chi connectivity index (χ2n) is 6.19. The van der Waals surface area contributed by atoms with Gasteiger partial charge >= 0.3 is 0 Å². The number of hydrogen-bond acceptors (Lipinski definition) is 4. The quantitative estimate of drug-likeness (QED) is 0.795. The normalized spacial score (nSPS) is 10.7. The van der Waals surface area contributed by atoms with Crippen molar-refractivity contribution in [2.45, 2.75) is 34.1 Å². The molecule has 6 heteroatoms. The van der Waals surface area contributed by atoms with Crippen LogP contribution in [0.25, 0.3) is 5.95 Å². The van der Waals surface area contributed by atoms with Gasteiger partial charge in [0.15, 0.2) is 0 Å². The molecule has 2 aromatic heterocycles. The van der Waals surface area contributed by atoms with E-state index < -0.39 is 0 Å². The lowest BCUT2D eigenvalue weighted by molar-refractivity contribution is -0.115. The molecule has 0 saturated carbocycles. The highest BCUT2D eigenvalue weighted by molar-refractivity contribution is 5.91. The summed E-state index contributed by atoms with van der Waals surface area (Å²) in [4.78, 5) is 20.8. The van der Waals surface area contributed by atoms with Gasteiger partial charge < -0.3 is 5.32 Å². The number of carbonyl (C=O) groups is 1. The summed E-state index contributed by atoms with van der Waals surface area (Å²) < 4.78 is 1.71. The Labute approximate surface area is 146 Å². The van der Waals surface area contributed by atoms with Gasteiger partial charge in [-0.2, -0.15) is 5.10 Å². The zero-order valence-electron chi connectivity index (χ0n) is 14.9. The van der Waals surface area contributed by atoms with Crippen LogP contribution in [0, 0.1) is 27.7 Å². The maximum absolute atomic E-state index is 12.2. The Balaban J connectivity index is 1.70. The largest absolute Gasteiger partial charge is 0.323 e. The van der Waals surface area contributed by atoms with Crippen LogP contribution < -0.4 is 5.32 Å². The average Bonchev–Trinajstić information content (AvgIpc) is 2.83. The molecule has 3 aromatic rings. The molecule has 0 aliphatic carbocycles. The first kappa shape index (κ1) is 16.8. The lowest BCUT2D eigenvalue weighted by atomic mass is 10.1. The van der Waals surface area contributed by atoms with Crippen molar-refractivity contribution in [1.82, 2.24) is 19.7 Å². The van der Waals surface area contributed by atoms with Crippen LogP contribution in [0.5, 0.6) is 0 Å². The number of nitrogens with zero attached hydrogens (tertiary/aromatic N) is 4. The van der Waals surface area contributed by atoms with Crippen LogP contribution in [0.3, 0.4) is 0 Å². The van der Waals surface area contributed by atoms with Gasteiger partial charge in [-0.1, -0.05) is 29.8 Å². The van der Waals surface area contributed by atoms with E-state index in [4.69, 9.17) is 0 Å². The van der Waals surface area contributed by atoms with Crippen molar-refractivity contribution in [1.29, 1.82) is 0 Å². The van der Waals surface area contributed by atoms with E-state index in [0.717, 1.165) is 28.1 Å². The molecule has 3 rings (SSSR count). The molecule has 0 atom stereocenters. The summed E-state index contributed by atoms with van der Waals surface area (Å²) in [7, 11) is 0. The molecule has 128 valence electrons. The maximum atomic E-state index is 12.2. The molecule has 1 aromatic carbocycles. The Kier molecular flexibility index (Phi) is 4.61. The van der Waals surface area contributed by atoms with Gasteiger partial charge in [-0.3, -0.25) is 4.79 Å². The van der Waals surface area contributed by atoms with Crippen molar-refractivity contribution in [3.05, 3.63) is 64.7 Å². The molecule has 0 fully saturated rings. The van der Waals surface area contributed by atoms with Crippen LogP contribution in [0.4, 0.5) is 5.69 Å². The second-order valence-corrected chi connectivity index (χ2v) is 6.19. The minimum absolute atomic E-state index is 0.0936. The van der Waals surface area contributed by atoms with Crippen LogP contribution in [0.2, 0.25) is 0 Å². The van der Waals surface area contributed by atoms with E-state index in [1.807, 2.05) is 52.0 Å². The number of aryl methyl sites for hydroxylation is 2. The van der Waals surface area contributed by atoms with Crippen LogP contribution in [0.15, 0.2) is 36.7 Å². The number of hydrogen-bond donors (Lipinski definition) is 1. The fourth-order valence-electron chi connectivity index (χ4n) is 2.62. The van der Waals surface area contributed by atoms with E-state index in [0.29, 0.717) is 18.1 Å². The zero-order chi connectivity index (χ0) is 18.0. The molecule has 0 radical (unpaired) electrons. The lowest BCUT2D eigenvalue weighted by Gasteiger charge is -2.07. The van der Waals surface area contributed by atoms with Crippen molar-refractivity contribution in [2.75, 3.05) is 5.32 Å². The summed E-state index contributed by atoms with van der Waals surface area (Å²) in [5.41, 5.74) is 5.77. The zero-order valence-corrected chi connectivity index (χ0v) is 14.9. The van der Waals surface area contributed by atoms with Gasteiger partial charge in [0.2, 0.25) is 5.91 Å². The number of benzene rings is 1. The van der Waals surface area contributed by atoms with Crippen LogP contribution in [-0.2, 0) is 11.2 Å². The molecule has 0 bridgehead atoms. The Hall–Kier alpha value is -3.02. The molecule has 1 amide bonds. The van der Waals surface area contributed by atoms with Crippen molar-refractivity contribution >= 4 is 11.6 Å². The van der Waals surface area contributed by atoms with E-state index in [2.05, 4.69) is 20.4 Å². The topological polar surface area (TPSA) is 72.7 Å². The fraction of sp³-hybridized carbons (Fsp3) is 0.263. The van der Waals surface area contributed by atoms with Crippen LogP contribution >= 0.6 is 0 Å². The summed E-state index contributed by atoms with van der Waals surface area (Å²) in [5.74, 6) is 0.397. The molecular formula is C19H21N5O. The van der Waals surface area contributed by atoms with Crippen LogP contribution in [0.1, 0.15) is 28.1 Å². The molecule has 0 aliphatic rings. The van der Waals surface area contributed by atoms with Gasteiger partial charge in [0.1, 0.15) is 0 Å². The Morgan fingerprint density at radius 3 is 2.44 bits per heavy atom. The third-order valence-corrected chi connectivity index (χ3v) is 4.21. The second kappa shape index (κ2) is 6.84. The molecule has 0 spiro atoms. The molecule has 0 unspecified atom stereocenters. The number of anilines is 1. The predicted octanol–water partition coefficient (Wildman–Crippen LogP) is 3.08. The van der Waals surface area contributed by atoms with E-state index in [1.165, 1.54) is 0 Å². The number of amides is 1. The molecule has 6 nitrogen and oxygen atoms in total. The maximum Gasteiger partial charge on any atom is 0.250 e. The molecule has 2 heterocycles. The smallest absolute Gasteiger partial charge is 0.250 e. The monoisotopic (exact) mass is 335 g/mol. The van der Waals surface area contributed by atoms with Gasteiger partial charge in [-0.05, 0) is 38.8 Å².